The van der Waals surface area contributed by atoms with Crippen LogP contribution in [0.5, 0.6) is 0 Å². The van der Waals surface area contributed by atoms with Gasteiger partial charge in [-0.3, -0.25) is 4.99 Å². The number of aliphatic imine (C=N–C) groups is 1. The second-order valence-corrected chi connectivity index (χ2v) is 6.80. The largest absolute Gasteiger partial charge is 0.469 e. The first-order valence-electron chi connectivity index (χ1n) is 9.47. The molecule has 0 saturated carbocycles. The van der Waals surface area contributed by atoms with Gasteiger partial charge in [-0.25, -0.2) is 0 Å². The first-order chi connectivity index (χ1) is 12.7. The van der Waals surface area contributed by atoms with Crippen LogP contribution in [0.25, 0.3) is 0 Å². The maximum atomic E-state index is 5.70. The summed E-state index contributed by atoms with van der Waals surface area (Å²) in [6.07, 6.45) is 5.00. The molecule has 1 fully saturated rings. The van der Waals surface area contributed by atoms with Gasteiger partial charge in [0.1, 0.15) is 5.76 Å². The molecule has 2 heterocycles. The molecule has 1 aromatic carbocycles. The van der Waals surface area contributed by atoms with Crippen molar-refractivity contribution in [3.63, 3.8) is 0 Å². The molecule has 0 amide bonds. The lowest BCUT2D eigenvalue weighted by Gasteiger charge is -2.20. The summed E-state index contributed by atoms with van der Waals surface area (Å²) in [6, 6.07) is 12.5. The zero-order valence-electron chi connectivity index (χ0n) is 16.1. The van der Waals surface area contributed by atoms with Gasteiger partial charge in [-0.1, -0.05) is 24.3 Å². The van der Waals surface area contributed by atoms with Gasteiger partial charge >= 0.3 is 0 Å². The smallest absolute Gasteiger partial charge is 0.191 e. The predicted octanol–water partition coefficient (Wildman–Crippen LogP) is 4.22. The van der Waals surface area contributed by atoms with Crippen molar-refractivity contribution in [2.24, 2.45) is 4.99 Å². The SMILES string of the molecule is Cc1ccccc1C(C)NC(=NCC1CCCO1)NCCc1ccco1.I. The van der Waals surface area contributed by atoms with E-state index in [-0.39, 0.29) is 36.1 Å². The first-order valence-corrected chi connectivity index (χ1v) is 9.47. The van der Waals surface area contributed by atoms with Crippen molar-refractivity contribution in [3.8, 4) is 0 Å². The van der Waals surface area contributed by atoms with Crippen LogP contribution < -0.4 is 10.6 Å². The minimum absolute atomic E-state index is 0. The summed E-state index contributed by atoms with van der Waals surface area (Å²) in [6.45, 7) is 6.62. The minimum Gasteiger partial charge on any atom is -0.469 e. The Kier molecular flexibility index (Phi) is 9.14. The van der Waals surface area contributed by atoms with E-state index in [1.54, 1.807) is 6.26 Å². The fraction of sp³-hybridized carbons (Fsp3) is 0.476. The molecule has 27 heavy (non-hydrogen) atoms. The van der Waals surface area contributed by atoms with Gasteiger partial charge in [-0.15, -0.1) is 24.0 Å². The number of hydrogen-bond donors (Lipinski definition) is 2. The van der Waals surface area contributed by atoms with Crippen molar-refractivity contribution in [1.82, 2.24) is 10.6 Å². The van der Waals surface area contributed by atoms with Crippen molar-refractivity contribution >= 4 is 29.9 Å². The van der Waals surface area contributed by atoms with Gasteiger partial charge in [0.2, 0.25) is 0 Å². The van der Waals surface area contributed by atoms with Gasteiger partial charge in [-0.05, 0) is 49.9 Å². The summed E-state index contributed by atoms with van der Waals surface area (Å²) in [5.41, 5.74) is 2.56. The molecule has 1 aromatic heterocycles. The molecule has 0 radical (unpaired) electrons. The van der Waals surface area contributed by atoms with E-state index < -0.39 is 0 Å². The third-order valence-electron chi connectivity index (χ3n) is 4.73. The Morgan fingerprint density at radius 1 is 1.26 bits per heavy atom. The van der Waals surface area contributed by atoms with E-state index in [1.807, 2.05) is 12.1 Å². The molecule has 0 spiro atoms. The molecule has 5 nitrogen and oxygen atoms in total. The van der Waals surface area contributed by atoms with Gasteiger partial charge in [0, 0.05) is 19.6 Å². The summed E-state index contributed by atoms with van der Waals surface area (Å²) in [5.74, 6) is 1.80. The summed E-state index contributed by atoms with van der Waals surface area (Å²) in [7, 11) is 0. The Bertz CT molecular complexity index is 697. The second-order valence-electron chi connectivity index (χ2n) is 6.80. The van der Waals surface area contributed by atoms with Crippen LogP contribution in [0.4, 0.5) is 0 Å². The molecule has 148 valence electrons. The maximum absolute atomic E-state index is 5.70. The van der Waals surface area contributed by atoms with Crippen LogP contribution in [0.3, 0.4) is 0 Å². The number of rotatable bonds is 7. The van der Waals surface area contributed by atoms with E-state index in [0.717, 1.165) is 44.1 Å². The molecule has 3 rings (SSSR count). The van der Waals surface area contributed by atoms with E-state index in [0.29, 0.717) is 6.54 Å². The number of ether oxygens (including phenoxy) is 1. The Morgan fingerprint density at radius 3 is 2.81 bits per heavy atom. The van der Waals surface area contributed by atoms with Gasteiger partial charge in [0.05, 0.1) is 25.0 Å². The molecule has 2 unspecified atom stereocenters. The number of furan rings is 1. The molecule has 2 aromatic rings. The van der Waals surface area contributed by atoms with Crippen molar-refractivity contribution in [3.05, 3.63) is 59.5 Å². The molecule has 0 bridgehead atoms. The number of guanidine groups is 1. The summed E-state index contributed by atoms with van der Waals surface area (Å²) < 4.78 is 11.1. The number of aryl methyl sites for hydroxylation is 1. The number of halogens is 1. The standard InChI is InChI=1S/C21H29N3O2.HI/c1-16-7-3-4-10-20(16)17(2)24-21(23-15-19-9-6-14-26-19)22-12-11-18-8-5-13-25-18;/h3-5,7-8,10,13,17,19H,6,9,11-12,14-15H2,1-2H3,(H2,22,23,24);1H. The quantitative estimate of drug-likeness (QED) is 0.352. The minimum atomic E-state index is 0. The summed E-state index contributed by atoms with van der Waals surface area (Å²) in [5, 5.41) is 6.96. The number of benzene rings is 1. The zero-order valence-corrected chi connectivity index (χ0v) is 18.4. The Hall–Kier alpha value is -1.54. The Labute approximate surface area is 179 Å². The van der Waals surface area contributed by atoms with E-state index in [2.05, 4.69) is 48.7 Å². The van der Waals surface area contributed by atoms with Gasteiger partial charge in [0.15, 0.2) is 5.96 Å². The van der Waals surface area contributed by atoms with Crippen LogP contribution >= 0.6 is 24.0 Å². The molecular formula is C21H30IN3O2. The fourth-order valence-electron chi connectivity index (χ4n) is 3.25. The fourth-order valence-corrected chi connectivity index (χ4v) is 3.25. The molecule has 2 N–H and O–H groups in total. The second kappa shape index (κ2) is 11.3. The molecule has 1 saturated heterocycles. The van der Waals surface area contributed by atoms with Gasteiger partial charge in [-0.2, -0.15) is 0 Å². The number of hydrogen-bond acceptors (Lipinski definition) is 3. The highest BCUT2D eigenvalue weighted by Crippen LogP contribution is 2.17. The first kappa shape index (κ1) is 21.8. The summed E-state index contributed by atoms with van der Waals surface area (Å²) in [4.78, 5) is 4.76. The number of nitrogens with one attached hydrogen (secondary N) is 2. The number of nitrogens with zero attached hydrogens (tertiary/aromatic N) is 1. The summed E-state index contributed by atoms with van der Waals surface area (Å²) >= 11 is 0. The lowest BCUT2D eigenvalue weighted by molar-refractivity contribution is 0.117. The average Bonchev–Trinajstić information content (AvgIpc) is 3.33. The lowest BCUT2D eigenvalue weighted by atomic mass is 10.0. The van der Waals surface area contributed by atoms with Gasteiger partial charge in [0.25, 0.3) is 0 Å². The molecule has 2 atom stereocenters. The average molecular weight is 483 g/mol. The van der Waals surface area contributed by atoms with Crippen molar-refractivity contribution in [1.29, 1.82) is 0 Å². The third-order valence-corrected chi connectivity index (χ3v) is 4.73. The van der Waals surface area contributed by atoms with Crippen LogP contribution in [0, 0.1) is 6.92 Å². The highest BCUT2D eigenvalue weighted by Gasteiger charge is 2.16. The lowest BCUT2D eigenvalue weighted by Crippen LogP contribution is -2.40. The highest BCUT2D eigenvalue weighted by atomic mass is 127. The van der Waals surface area contributed by atoms with Crippen LogP contribution in [0.1, 0.15) is 42.7 Å². The molecule has 0 aliphatic carbocycles. The normalized spacial score (nSPS) is 18.0. The van der Waals surface area contributed by atoms with E-state index in [9.17, 15) is 0 Å². The monoisotopic (exact) mass is 483 g/mol. The third kappa shape index (κ3) is 6.84. The molecule has 6 heteroatoms. The van der Waals surface area contributed by atoms with Crippen LogP contribution in [-0.4, -0.2) is 31.8 Å². The van der Waals surface area contributed by atoms with Crippen molar-refractivity contribution in [2.75, 3.05) is 19.7 Å². The van der Waals surface area contributed by atoms with E-state index in [1.165, 1.54) is 11.1 Å². The Morgan fingerprint density at radius 2 is 2.11 bits per heavy atom. The Balaban J connectivity index is 0.00000261. The van der Waals surface area contributed by atoms with Gasteiger partial charge < -0.3 is 19.8 Å². The predicted molar refractivity (Wildman–Crippen MR) is 120 cm³/mol. The van der Waals surface area contributed by atoms with Crippen LogP contribution in [0.15, 0.2) is 52.1 Å². The van der Waals surface area contributed by atoms with E-state index >= 15 is 0 Å². The van der Waals surface area contributed by atoms with Crippen molar-refractivity contribution < 1.29 is 9.15 Å². The van der Waals surface area contributed by atoms with E-state index in [4.69, 9.17) is 14.1 Å². The zero-order chi connectivity index (χ0) is 18.2. The van der Waals surface area contributed by atoms with Crippen LogP contribution in [-0.2, 0) is 11.2 Å². The van der Waals surface area contributed by atoms with Crippen molar-refractivity contribution in [2.45, 2.75) is 45.3 Å². The highest BCUT2D eigenvalue weighted by molar-refractivity contribution is 14.0. The molecular weight excluding hydrogens is 453 g/mol. The topological polar surface area (TPSA) is 58.8 Å². The molecule has 1 aliphatic heterocycles. The maximum Gasteiger partial charge on any atom is 0.191 e. The molecule has 1 aliphatic rings. The van der Waals surface area contributed by atoms with Crippen LogP contribution in [0.2, 0.25) is 0 Å².